The Morgan fingerprint density at radius 1 is 1.12 bits per heavy atom. The van der Waals surface area contributed by atoms with Crippen LogP contribution in [0, 0.1) is 0 Å². The minimum absolute atomic E-state index is 0.184. The second-order valence-corrected chi connectivity index (χ2v) is 8.16. The summed E-state index contributed by atoms with van der Waals surface area (Å²) in [5, 5.41) is 0. The highest BCUT2D eigenvalue weighted by atomic mass is 16.6. The molecule has 3 heterocycles. The van der Waals surface area contributed by atoms with Gasteiger partial charge in [-0.25, -0.2) is 9.78 Å². The molecule has 0 spiro atoms. The molecular formula is C19H31N5O2. The Bertz CT molecular complexity index is 597. The van der Waals surface area contributed by atoms with Gasteiger partial charge in [0.25, 0.3) is 0 Å². The lowest BCUT2D eigenvalue weighted by atomic mass is 10.0. The quantitative estimate of drug-likeness (QED) is 0.870. The van der Waals surface area contributed by atoms with Crippen molar-refractivity contribution in [3.63, 3.8) is 0 Å². The Morgan fingerprint density at radius 3 is 2.31 bits per heavy atom. The average molecular weight is 361 g/mol. The molecular weight excluding hydrogens is 330 g/mol. The van der Waals surface area contributed by atoms with E-state index in [1.54, 1.807) is 0 Å². The molecule has 0 aromatic carbocycles. The van der Waals surface area contributed by atoms with E-state index < -0.39 is 5.60 Å². The maximum atomic E-state index is 12.2. The number of rotatable bonds is 2. The summed E-state index contributed by atoms with van der Waals surface area (Å²) in [5.74, 6) is 0.559. The topological polar surface area (TPSA) is 74.9 Å². The van der Waals surface area contributed by atoms with E-state index in [0.717, 1.165) is 57.8 Å². The molecule has 0 saturated carbocycles. The zero-order chi connectivity index (χ0) is 18.7. The Hall–Kier alpha value is -2.02. The van der Waals surface area contributed by atoms with Crippen molar-refractivity contribution in [2.45, 2.75) is 45.3 Å². The first-order valence-electron chi connectivity index (χ1n) is 9.50. The van der Waals surface area contributed by atoms with E-state index in [-0.39, 0.29) is 6.09 Å². The molecule has 2 N–H and O–H groups in total. The molecule has 7 heteroatoms. The molecule has 2 aliphatic heterocycles. The summed E-state index contributed by atoms with van der Waals surface area (Å²) in [6, 6.07) is 4.45. The van der Waals surface area contributed by atoms with Gasteiger partial charge >= 0.3 is 6.09 Å². The number of carbonyl (C=O) groups is 1. The predicted octanol–water partition coefficient (Wildman–Crippen LogP) is 2.19. The average Bonchev–Trinajstić information content (AvgIpc) is 2.61. The summed E-state index contributed by atoms with van der Waals surface area (Å²) < 4.78 is 5.48. The molecule has 0 radical (unpaired) electrons. The number of piperazine rings is 1. The summed E-state index contributed by atoms with van der Waals surface area (Å²) in [6.07, 6.45) is 3.70. The maximum absolute atomic E-state index is 12.2. The number of ether oxygens (including phenoxy) is 1. The second-order valence-electron chi connectivity index (χ2n) is 8.16. The van der Waals surface area contributed by atoms with E-state index in [9.17, 15) is 4.79 Å². The van der Waals surface area contributed by atoms with Crippen LogP contribution < -0.4 is 10.6 Å². The number of anilines is 2. The summed E-state index contributed by atoms with van der Waals surface area (Å²) in [5.41, 5.74) is 6.38. The van der Waals surface area contributed by atoms with Gasteiger partial charge in [0, 0.05) is 45.3 Å². The maximum Gasteiger partial charge on any atom is 0.410 e. The number of aromatic nitrogens is 1. The largest absolute Gasteiger partial charge is 0.444 e. The van der Waals surface area contributed by atoms with E-state index in [2.05, 4.69) is 14.8 Å². The SMILES string of the molecule is CC(C)(C)OC(=O)N1CCC(N2CCN(c3ccc(N)nc3)CC2)CC1. The highest BCUT2D eigenvalue weighted by Crippen LogP contribution is 2.22. The van der Waals surface area contributed by atoms with E-state index >= 15 is 0 Å². The molecule has 1 amide bonds. The molecule has 144 valence electrons. The van der Waals surface area contributed by atoms with Gasteiger partial charge in [-0.05, 0) is 45.7 Å². The van der Waals surface area contributed by atoms with E-state index in [1.807, 2.05) is 44.0 Å². The van der Waals surface area contributed by atoms with Crippen molar-refractivity contribution in [1.82, 2.24) is 14.8 Å². The van der Waals surface area contributed by atoms with Crippen LogP contribution in [0.2, 0.25) is 0 Å². The second kappa shape index (κ2) is 7.70. The lowest BCUT2D eigenvalue weighted by Gasteiger charge is -2.43. The summed E-state index contributed by atoms with van der Waals surface area (Å²) in [4.78, 5) is 23.1. The summed E-state index contributed by atoms with van der Waals surface area (Å²) in [6.45, 7) is 11.4. The first-order valence-corrected chi connectivity index (χ1v) is 9.50. The van der Waals surface area contributed by atoms with Gasteiger partial charge in [0.05, 0.1) is 11.9 Å². The molecule has 7 nitrogen and oxygen atoms in total. The number of piperidine rings is 1. The van der Waals surface area contributed by atoms with Crippen LogP contribution in [-0.4, -0.2) is 71.8 Å². The lowest BCUT2D eigenvalue weighted by Crippen LogP contribution is -2.54. The first-order chi connectivity index (χ1) is 12.3. The van der Waals surface area contributed by atoms with Crippen LogP contribution in [0.5, 0.6) is 0 Å². The van der Waals surface area contributed by atoms with Crippen LogP contribution in [0.1, 0.15) is 33.6 Å². The van der Waals surface area contributed by atoms with Crippen LogP contribution in [-0.2, 0) is 4.74 Å². The molecule has 2 aliphatic rings. The molecule has 26 heavy (non-hydrogen) atoms. The molecule has 0 atom stereocenters. The van der Waals surface area contributed by atoms with Crippen molar-refractivity contribution < 1.29 is 9.53 Å². The van der Waals surface area contributed by atoms with Gasteiger partial charge in [-0.2, -0.15) is 0 Å². The highest BCUT2D eigenvalue weighted by molar-refractivity contribution is 5.68. The van der Waals surface area contributed by atoms with Crippen LogP contribution in [0.15, 0.2) is 18.3 Å². The minimum atomic E-state index is -0.429. The Balaban J connectivity index is 1.45. The third-order valence-electron chi connectivity index (χ3n) is 5.08. The van der Waals surface area contributed by atoms with Gasteiger partial charge in [-0.15, -0.1) is 0 Å². The number of hydrogen-bond donors (Lipinski definition) is 1. The molecule has 1 aromatic heterocycles. The van der Waals surface area contributed by atoms with Gasteiger partial charge < -0.3 is 20.3 Å². The summed E-state index contributed by atoms with van der Waals surface area (Å²) >= 11 is 0. The lowest BCUT2D eigenvalue weighted by molar-refractivity contribution is 0.0140. The fourth-order valence-electron chi connectivity index (χ4n) is 3.67. The van der Waals surface area contributed by atoms with Crippen molar-refractivity contribution in [2.75, 3.05) is 49.9 Å². The van der Waals surface area contributed by atoms with Gasteiger partial charge in [0.1, 0.15) is 11.4 Å². The van der Waals surface area contributed by atoms with Gasteiger partial charge in [0.2, 0.25) is 0 Å². The van der Waals surface area contributed by atoms with Crippen LogP contribution >= 0.6 is 0 Å². The number of likely N-dealkylation sites (tertiary alicyclic amines) is 1. The highest BCUT2D eigenvalue weighted by Gasteiger charge is 2.31. The van der Waals surface area contributed by atoms with E-state index in [4.69, 9.17) is 10.5 Å². The Kier molecular flexibility index (Phi) is 5.55. The Labute approximate surface area is 156 Å². The van der Waals surface area contributed by atoms with Gasteiger partial charge in [-0.1, -0.05) is 0 Å². The van der Waals surface area contributed by atoms with Crippen molar-refractivity contribution in [3.05, 3.63) is 18.3 Å². The zero-order valence-corrected chi connectivity index (χ0v) is 16.1. The smallest absolute Gasteiger partial charge is 0.410 e. The predicted molar refractivity (Wildman–Crippen MR) is 103 cm³/mol. The summed E-state index contributed by atoms with van der Waals surface area (Å²) in [7, 11) is 0. The molecule has 1 aromatic rings. The fraction of sp³-hybridized carbons (Fsp3) is 0.684. The monoisotopic (exact) mass is 361 g/mol. The minimum Gasteiger partial charge on any atom is -0.444 e. The van der Waals surface area contributed by atoms with Crippen molar-refractivity contribution >= 4 is 17.6 Å². The fourth-order valence-corrected chi connectivity index (χ4v) is 3.67. The number of hydrogen-bond acceptors (Lipinski definition) is 6. The number of amides is 1. The molecule has 3 rings (SSSR count). The van der Waals surface area contributed by atoms with Crippen LogP contribution in [0.25, 0.3) is 0 Å². The van der Waals surface area contributed by atoms with Gasteiger partial charge in [-0.3, -0.25) is 4.90 Å². The molecule has 0 unspecified atom stereocenters. The van der Waals surface area contributed by atoms with Crippen molar-refractivity contribution in [1.29, 1.82) is 0 Å². The first kappa shape index (κ1) is 18.8. The molecule has 2 fully saturated rings. The third kappa shape index (κ3) is 4.78. The zero-order valence-electron chi connectivity index (χ0n) is 16.1. The Morgan fingerprint density at radius 2 is 1.77 bits per heavy atom. The van der Waals surface area contributed by atoms with Gasteiger partial charge in [0.15, 0.2) is 0 Å². The third-order valence-corrected chi connectivity index (χ3v) is 5.08. The van der Waals surface area contributed by atoms with Crippen molar-refractivity contribution in [2.24, 2.45) is 0 Å². The van der Waals surface area contributed by atoms with Crippen molar-refractivity contribution in [3.8, 4) is 0 Å². The normalized spacial score (nSPS) is 20.3. The number of nitrogens with two attached hydrogens (primary N) is 1. The van der Waals surface area contributed by atoms with E-state index in [1.165, 1.54) is 0 Å². The number of pyridine rings is 1. The number of nitrogens with zero attached hydrogens (tertiary/aromatic N) is 4. The van der Waals surface area contributed by atoms with Crippen LogP contribution in [0.3, 0.4) is 0 Å². The van der Waals surface area contributed by atoms with Crippen LogP contribution in [0.4, 0.5) is 16.3 Å². The standard InChI is InChI=1S/C19H31N5O2/c1-19(2,3)26-18(25)24-8-6-15(7-9-24)22-10-12-23(13-11-22)16-4-5-17(20)21-14-16/h4-5,14-15H,6-13H2,1-3H3,(H2,20,21). The van der Waals surface area contributed by atoms with E-state index in [0.29, 0.717) is 11.9 Å². The molecule has 0 bridgehead atoms. The number of nitrogen functional groups attached to an aromatic ring is 1. The number of carbonyl (C=O) groups excluding carboxylic acids is 1. The molecule has 0 aliphatic carbocycles. The molecule has 2 saturated heterocycles.